The molecule has 8 nitrogen and oxygen atoms in total. The lowest BCUT2D eigenvalue weighted by Gasteiger charge is -2.30. The Balaban J connectivity index is 4.20. The average Bonchev–Trinajstić information content (AvgIpc) is 3.34. The second-order valence-corrected chi connectivity index (χ2v) is 23.1. The van der Waals surface area contributed by atoms with E-state index in [2.05, 4.69) is 92.1 Å². The maximum Gasteiger partial charge on any atom is 0.268 e. The number of unbranched alkanes of at least 4 members (excludes halogenated alkanes) is 30. The molecule has 0 aliphatic rings. The van der Waals surface area contributed by atoms with E-state index in [4.69, 9.17) is 9.05 Å². The van der Waals surface area contributed by atoms with Crippen molar-refractivity contribution in [3.05, 3.63) is 72.9 Å². The lowest BCUT2D eigenvalue weighted by atomic mass is 10.0. The second-order valence-electron chi connectivity index (χ2n) is 21.7. The van der Waals surface area contributed by atoms with Gasteiger partial charge in [0.2, 0.25) is 5.91 Å². The van der Waals surface area contributed by atoms with Crippen LogP contribution in [0.15, 0.2) is 72.9 Å². The van der Waals surface area contributed by atoms with Gasteiger partial charge in [0.15, 0.2) is 0 Å². The maximum atomic E-state index is 13.0. The van der Waals surface area contributed by atoms with Gasteiger partial charge in [0.1, 0.15) is 13.2 Å². The first-order valence-corrected chi connectivity index (χ1v) is 31.7. The number of hydrogen-bond donors (Lipinski definition) is 2. The van der Waals surface area contributed by atoms with E-state index in [-0.39, 0.29) is 19.1 Å². The van der Waals surface area contributed by atoms with Gasteiger partial charge in [-0.1, -0.05) is 273 Å². The van der Waals surface area contributed by atoms with Crippen molar-refractivity contribution in [1.82, 2.24) is 5.32 Å². The number of carbonyl (C=O) groups excluding carboxylic acids is 1. The number of quaternary nitrogens is 1. The summed E-state index contributed by atoms with van der Waals surface area (Å²) in [5, 5.41) is 14.0. The van der Waals surface area contributed by atoms with Crippen LogP contribution in [0.1, 0.15) is 271 Å². The summed E-state index contributed by atoms with van der Waals surface area (Å²) in [4.78, 5) is 25.6. The molecule has 0 rings (SSSR count). The van der Waals surface area contributed by atoms with Crippen molar-refractivity contribution in [2.45, 2.75) is 283 Å². The third-order valence-electron chi connectivity index (χ3n) is 13.5. The van der Waals surface area contributed by atoms with Crippen LogP contribution in [-0.4, -0.2) is 68.5 Å². The number of nitrogens with zero attached hydrogens (tertiary/aromatic N) is 1. The molecule has 0 aliphatic carbocycles. The summed E-state index contributed by atoms with van der Waals surface area (Å²) in [5.74, 6) is -0.179. The molecular weight excluding hydrogens is 912 g/mol. The van der Waals surface area contributed by atoms with Gasteiger partial charge in [0.05, 0.1) is 39.9 Å². The number of nitrogens with one attached hydrogen (secondary N) is 1. The molecule has 3 unspecified atom stereocenters. The first kappa shape index (κ1) is 69.9. The molecular formula is C63H117N2O6P. The van der Waals surface area contributed by atoms with Crippen molar-refractivity contribution in [3.63, 3.8) is 0 Å². The van der Waals surface area contributed by atoms with E-state index in [0.717, 1.165) is 89.9 Å². The van der Waals surface area contributed by atoms with Gasteiger partial charge in [-0.15, -0.1) is 0 Å². The lowest BCUT2D eigenvalue weighted by Crippen LogP contribution is -2.46. The minimum absolute atomic E-state index is 0.00588. The molecule has 0 aromatic heterocycles. The molecule has 0 spiro atoms. The number of hydrogen-bond acceptors (Lipinski definition) is 6. The fourth-order valence-electron chi connectivity index (χ4n) is 8.75. The van der Waals surface area contributed by atoms with Crippen molar-refractivity contribution >= 4 is 13.7 Å². The highest BCUT2D eigenvalue weighted by molar-refractivity contribution is 7.45. The standard InChI is InChI=1S/C63H117N2O6P/c1-6-8-10-12-14-16-18-20-22-24-26-28-30-32-34-36-38-40-42-44-46-48-50-52-54-56-62(66)61(60-71-72(68,69)70-59-58-65(3,4)5)64-63(67)57-55-53-51-49-47-45-43-41-39-37-35-33-31-29-27-25-23-21-19-17-15-13-11-9-7-2/h9,11,15,17,21,23,27,29,33,35,39,41,61-62,66H,6-8,10,12-14,16,18-20,22,24-26,28,30-32,34,36-38,40,42-60H2,1-5H3,(H-,64,67,68,69)/b11-9-,17-15-,23-21-,29-27-,35-33-,41-39-. The number of amides is 1. The summed E-state index contributed by atoms with van der Waals surface area (Å²) in [6.45, 7) is 4.62. The van der Waals surface area contributed by atoms with Gasteiger partial charge in [0, 0.05) is 6.42 Å². The number of phosphoric ester groups is 1. The highest BCUT2D eigenvalue weighted by atomic mass is 31.2. The molecule has 0 aromatic rings. The molecule has 1 amide bonds. The molecule has 0 bridgehead atoms. The van der Waals surface area contributed by atoms with Gasteiger partial charge >= 0.3 is 0 Å². The fourth-order valence-corrected chi connectivity index (χ4v) is 9.47. The zero-order valence-electron chi connectivity index (χ0n) is 47.9. The molecule has 2 N–H and O–H groups in total. The van der Waals surface area contributed by atoms with Crippen molar-refractivity contribution in [3.8, 4) is 0 Å². The molecule has 0 saturated heterocycles. The van der Waals surface area contributed by atoms with Crippen LogP contribution in [0.4, 0.5) is 0 Å². The van der Waals surface area contributed by atoms with Crippen molar-refractivity contribution in [2.24, 2.45) is 0 Å². The first-order valence-electron chi connectivity index (χ1n) is 30.3. The number of rotatable bonds is 55. The predicted molar refractivity (Wildman–Crippen MR) is 311 cm³/mol. The Bertz CT molecular complexity index is 1400. The van der Waals surface area contributed by atoms with Crippen LogP contribution in [0, 0.1) is 0 Å². The normalized spacial score (nSPS) is 14.4. The van der Waals surface area contributed by atoms with Crippen molar-refractivity contribution in [2.75, 3.05) is 40.9 Å². The molecule has 72 heavy (non-hydrogen) atoms. The Kier molecular flexibility index (Phi) is 52.2. The lowest BCUT2D eigenvalue weighted by molar-refractivity contribution is -0.870. The smallest absolute Gasteiger partial charge is 0.268 e. The molecule has 0 aromatic carbocycles. The largest absolute Gasteiger partial charge is 0.756 e. The maximum absolute atomic E-state index is 13.0. The quantitative estimate of drug-likeness (QED) is 0.0272. The zero-order chi connectivity index (χ0) is 52.7. The van der Waals surface area contributed by atoms with Gasteiger partial charge in [-0.05, 0) is 64.2 Å². The molecule has 0 fully saturated rings. The number of likely N-dealkylation sites (N-methyl/N-ethyl adjacent to an activating group) is 1. The Morgan fingerprint density at radius 2 is 0.847 bits per heavy atom. The Morgan fingerprint density at radius 1 is 0.500 bits per heavy atom. The second kappa shape index (κ2) is 53.8. The summed E-state index contributed by atoms with van der Waals surface area (Å²) in [5.41, 5.74) is 0. The van der Waals surface area contributed by atoms with Crippen molar-refractivity contribution < 1.29 is 32.9 Å². The molecule has 0 heterocycles. The monoisotopic (exact) mass is 1030 g/mol. The van der Waals surface area contributed by atoms with Crippen LogP contribution in [0.25, 0.3) is 0 Å². The van der Waals surface area contributed by atoms with E-state index in [1.807, 2.05) is 21.1 Å². The van der Waals surface area contributed by atoms with Crippen LogP contribution >= 0.6 is 7.82 Å². The third kappa shape index (κ3) is 55.7. The van der Waals surface area contributed by atoms with Crippen LogP contribution in [-0.2, 0) is 18.4 Å². The van der Waals surface area contributed by atoms with Crippen LogP contribution in [0.2, 0.25) is 0 Å². The summed E-state index contributed by atoms with van der Waals surface area (Å²) in [7, 11) is 1.29. The predicted octanol–water partition coefficient (Wildman–Crippen LogP) is 18.0. The van der Waals surface area contributed by atoms with E-state index in [9.17, 15) is 19.4 Å². The Hall–Kier alpha value is -2.06. The molecule has 420 valence electrons. The van der Waals surface area contributed by atoms with Gasteiger partial charge in [-0.2, -0.15) is 0 Å². The van der Waals surface area contributed by atoms with E-state index in [1.54, 1.807) is 0 Å². The van der Waals surface area contributed by atoms with E-state index < -0.39 is 20.0 Å². The SMILES string of the molecule is CC/C=C\C/C=C\C/C=C\C/C=C\C/C=C\C/C=C\CCCCCCCCC(=O)NC(COP(=O)([O-])OCC[N+](C)(C)C)C(O)CCCCCCCCCCCCCCCCCCCCCCCCCCC. The number of aliphatic hydroxyl groups is 1. The van der Waals surface area contributed by atoms with Crippen LogP contribution in [0.5, 0.6) is 0 Å². The topological polar surface area (TPSA) is 108 Å². The highest BCUT2D eigenvalue weighted by Crippen LogP contribution is 2.38. The molecule has 0 saturated carbocycles. The molecule has 0 aliphatic heterocycles. The minimum Gasteiger partial charge on any atom is -0.756 e. The summed E-state index contributed by atoms with van der Waals surface area (Å²) < 4.78 is 23.5. The zero-order valence-corrected chi connectivity index (χ0v) is 48.8. The van der Waals surface area contributed by atoms with E-state index >= 15 is 0 Å². The van der Waals surface area contributed by atoms with E-state index in [0.29, 0.717) is 23.9 Å². The molecule has 3 atom stereocenters. The summed E-state index contributed by atoms with van der Waals surface area (Å²) >= 11 is 0. The van der Waals surface area contributed by atoms with E-state index in [1.165, 1.54) is 154 Å². The highest BCUT2D eigenvalue weighted by Gasteiger charge is 2.24. The molecule has 0 radical (unpaired) electrons. The number of aliphatic hydroxyl groups excluding tert-OH is 1. The Labute approximate surface area is 446 Å². The summed E-state index contributed by atoms with van der Waals surface area (Å²) in [6, 6.07) is -0.815. The Morgan fingerprint density at radius 3 is 1.24 bits per heavy atom. The van der Waals surface area contributed by atoms with Gasteiger partial charge in [0.25, 0.3) is 7.82 Å². The first-order chi connectivity index (χ1) is 35.0. The number of carbonyl (C=O) groups is 1. The number of allylic oxidation sites excluding steroid dienone is 12. The third-order valence-corrected chi connectivity index (χ3v) is 14.4. The van der Waals surface area contributed by atoms with Gasteiger partial charge in [-0.3, -0.25) is 9.36 Å². The number of phosphoric acid groups is 1. The van der Waals surface area contributed by atoms with Crippen LogP contribution in [0.3, 0.4) is 0 Å². The molecule has 9 heteroatoms. The van der Waals surface area contributed by atoms with Crippen molar-refractivity contribution in [1.29, 1.82) is 0 Å². The minimum atomic E-state index is -4.59. The summed E-state index contributed by atoms with van der Waals surface area (Å²) in [6.07, 6.45) is 73.7. The van der Waals surface area contributed by atoms with Crippen LogP contribution < -0.4 is 10.2 Å². The fraction of sp³-hybridized carbons (Fsp3) is 0.794. The average molecular weight is 1030 g/mol. The van der Waals surface area contributed by atoms with Gasteiger partial charge in [-0.25, -0.2) is 0 Å². The van der Waals surface area contributed by atoms with Gasteiger partial charge < -0.3 is 28.8 Å².